The van der Waals surface area contributed by atoms with Gasteiger partial charge < -0.3 is 16.0 Å². The molecule has 0 aromatic heterocycles. The zero-order valence-corrected chi connectivity index (χ0v) is 17.1. The lowest BCUT2D eigenvalue weighted by Gasteiger charge is -2.33. The molecule has 1 heterocycles. The van der Waals surface area contributed by atoms with Crippen LogP contribution in [0.4, 0.5) is 14.5 Å². The van der Waals surface area contributed by atoms with Crippen molar-refractivity contribution in [2.45, 2.75) is 31.2 Å². The summed E-state index contributed by atoms with van der Waals surface area (Å²) < 4.78 is 27.0. The molecule has 2 atom stereocenters. The molecule has 2 aromatic rings. The third-order valence-corrected chi connectivity index (χ3v) is 5.51. The summed E-state index contributed by atoms with van der Waals surface area (Å²) in [6.07, 6.45) is 2.52. The summed E-state index contributed by atoms with van der Waals surface area (Å²) in [5.41, 5.74) is 1.70. The highest BCUT2D eigenvalue weighted by Gasteiger charge is 2.30. The van der Waals surface area contributed by atoms with E-state index in [1.807, 2.05) is 0 Å². The van der Waals surface area contributed by atoms with Gasteiger partial charge in [0.25, 0.3) is 5.91 Å². The van der Waals surface area contributed by atoms with Crippen molar-refractivity contribution in [3.8, 4) is 0 Å². The largest absolute Gasteiger partial charge is 0.347 e. The van der Waals surface area contributed by atoms with Gasteiger partial charge in [-0.15, -0.1) is 12.4 Å². The van der Waals surface area contributed by atoms with Gasteiger partial charge in [0.15, 0.2) is 11.6 Å². The number of hydrogen-bond acceptors (Lipinski definition) is 3. The lowest BCUT2D eigenvalue weighted by Crippen LogP contribution is -2.50. The van der Waals surface area contributed by atoms with Crippen LogP contribution in [0.3, 0.4) is 0 Å². The normalized spacial score (nSPS) is 20.7. The first-order valence-electron chi connectivity index (χ1n) is 9.89. The molecule has 1 saturated heterocycles. The van der Waals surface area contributed by atoms with Crippen molar-refractivity contribution in [3.63, 3.8) is 0 Å². The molecule has 160 valence electrons. The number of carbonyl (C=O) groups excluding carboxylic acids is 2. The Morgan fingerprint density at radius 3 is 2.53 bits per heavy atom. The summed E-state index contributed by atoms with van der Waals surface area (Å²) in [6, 6.07) is 10.5. The van der Waals surface area contributed by atoms with Crippen molar-refractivity contribution >= 4 is 29.9 Å². The fraction of sp³-hybridized carbons (Fsp3) is 0.364. The summed E-state index contributed by atoms with van der Waals surface area (Å²) in [6.45, 7) is 1.27. The number of hydrogen-bond donors (Lipinski definition) is 3. The van der Waals surface area contributed by atoms with Crippen LogP contribution in [0.15, 0.2) is 42.5 Å². The van der Waals surface area contributed by atoms with Crippen LogP contribution in [-0.2, 0) is 4.79 Å². The molecular weight excluding hydrogens is 412 g/mol. The molecule has 0 radical (unpaired) electrons. The number of rotatable bonds is 5. The SMILES string of the molecule is Cl.O=C(NC1CNCCC1c1ccc(F)c(F)c1)c1cccc(NC(=O)C2CC2)c1. The van der Waals surface area contributed by atoms with Gasteiger partial charge in [-0.3, -0.25) is 9.59 Å². The van der Waals surface area contributed by atoms with Gasteiger partial charge in [-0.2, -0.15) is 0 Å². The predicted octanol–water partition coefficient (Wildman–Crippen LogP) is 3.61. The van der Waals surface area contributed by atoms with Gasteiger partial charge in [-0.25, -0.2) is 8.78 Å². The van der Waals surface area contributed by atoms with Gasteiger partial charge >= 0.3 is 0 Å². The Bertz CT molecular complexity index is 936. The van der Waals surface area contributed by atoms with Crippen LogP contribution in [-0.4, -0.2) is 30.9 Å². The second-order valence-electron chi connectivity index (χ2n) is 7.70. The van der Waals surface area contributed by atoms with E-state index in [0.717, 1.165) is 25.5 Å². The summed E-state index contributed by atoms with van der Waals surface area (Å²) >= 11 is 0. The van der Waals surface area contributed by atoms with Crippen molar-refractivity contribution in [1.29, 1.82) is 0 Å². The van der Waals surface area contributed by atoms with Gasteiger partial charge in [-0.1, -0.05) is 12.1 Å². The lowest BCUT2D eigenvalue weighted by atomic mass is 9.85. The highest BCUT2D eigenvalue weighted by atomic mass is 35.5. The third-order valence-electron chi connectivity index (χ3n) is 5.51. The van der Waals surface area contributed by atoms with Crippen LogP contribution in [0, 0.1) is 17.6 Å². The molecule has 2 unspecified atom stereocenters. The van der Waals surface area contributed by atoms with Gasteiger partial charge in [0.05, 0.1) is 0 Å². The first kappa shape index (κ1) is 22.2. The molecule has 1 saturated carbocycles. The fourth-order valence-electron chi connectivity index (χ4n) is 3.73. The number of halogens is 3. The van der Waals surface area contributed by atoms with Crippen molar-refractivity contribution in [1.82, 2.24) is 10.6 Å². The number of nitrogens with one attached hydrogen (secondary N) is 3. The molecular formula is C22H24ClF2N3O2. The number of amides is 2. The van der Waals surface area contributed by atoms with Crippen LogP contribution < -0.4 is 16.0 Å². The maximum absolute atomic E-state index is 13.7. The van der Waals surface area contributed by atoms with Crippen LogP contribution >= 0.6 is 12.4 Å². The van der Waals surface area contributed by atoms with E-state index in [4.69, 9.17) is 0 Å². The van der Waals surface area contributed by atoms with Crippen LogP contribution in [0.5, 0.6) is 0 Å². The van der Waals surface area contributed by atoms with Gasteiger partial charge in [0.2, 0.25) is 5.91 Å². The number of anilines is 1. The molecule has 4 rings (SSSR count). The average molecular weight is 436 g/mol. The number of benzene rings is 2. The van der Waals surface area contributed by atoms with Crippen LogP contribution in [0.1, 0.15) is 41.1 Å². The first-order chi connectivity index (χ1) is 14.0. The van der Waals surface area contributed by atoms with Crippen molar-refractivity contribution in [2.24, 2.45) is 5.92 Å². The van der Waals surface area contributed by atoms with Gasteiger partial charge in [-0.05, 0) is 61.7 Å². The lowest BCUT2D eigenvalue weighted by molar-refractivity contribution is -0.117. The van der Waals surface area contributed by atoms with E-state index in [1.165, 1.54) is 6.07 Å². The van der Waals surface area contributed by atoms with Gasteiger partial charge in [0.1, 0.15) is 0 Å². The van der Waals surface area contributed by atoms with Crippen molar-refractivity contribution in [3.05, 3.63) is 65.2 Å². The minimum Gasteiger partial charge on any atom is -0.347 e. The Morgan fingerprint density at radius 2 is 1.80 bits per heavy atom. The Morgan fingerprint density at radius 1 is 1.00 bits per heavy atom. The molecule has 1 aliphatic carbocycles. The van der Waals surface area contributed by atoms with E-state index in [9.17, 15) is 18.4 Å². The van der Waals surface area contributed by atoms with Crippen LogP contribution in [0.2, 0.25) is 0 Å². The average Bonchev–Trinajstić information content (AvgIpc) is 3.56. The monoisotopic (exact) mass is 435 g/mol. The predicted molar refractivity (Wildman–Crippen MR) is 113 cm³/mol. The molecule has 0 bridgehead atoms. The summed E-state index contributed by atoms with van der Waals surface area (Å²) in [5, 5.41) is 9.08. The first-order valence-corrected chi connectivity index (χ1v) is 9.89. The molecule has 2 aromatic carbocycles. The van der Waals surface area contributed by atoms with E-state index in [-0.39, 0.29) is 42.1 Å². The molecule has 8 heteroatoms. The quantitative estimate of drug-likeness (QED) is 0.672. The summed E-state index contributed by atoms with van der Waals surface area (Å²) in [5.74, 6) is -2.09. The summed E-state index contributed by atoms with van der Waals surface area (Å²) in [7, 11) is 0. The Labute approximate surface area is 180 Å². The van der Waals surface area contributed by atoms with Crippen molar-refractivity contribution in [2.75, 3.05) is 18.4 Å². The highest BCUT2D eigenvalue weighted by Crippen LogP contribution is 2.30. The Kier molecular flexibility index (Phi) is 7.05. The summed E-state index contributed by atoms with van der Waals surface area (Å²) in [4.78, 5) is 24.8. The molecule has 1 aliphatic heterocycles. The standard InChI is InChI=1S/C22H23F2N3O2.ClH/c23-18-7-6-14(11-19(18)24)17-8-9-25-12-20(17)27-22(29)15-2-1-3-16(10-15)26-21(28)13-4-5-13;/h1-3,6-7,10-11,13,17,20,25H,4-5,8-9,12H2,(H,26,28)(H,27,29);1H. The zero-order valence-electron chi connectivity index (χ0n) is 16.3. The minimum atomic E-state index is -0.884. The molecule has 0 spiro atoms. The third kappa shape index (κ3) is 5.15. The fourth-order valence-corrected chi connectivity index (χ4v) is 3.73. The smallest absolute Gasteiger partial charge is 0.251 e. The van der Waals surface area contributed by atoms with E-state index < -0.39 is 11.6 Å². The zero-order chi connectivity index (χ0) is 20.4. The molecule has 2 fully saturated rings. The Hall–Kier alpha value is -2.51. The highest BCUT2D eigenvalue weighted by molar-refractivity contribution is 5.98. The van der Waals surface area contributed by atoms with Gasteiger partial charge in [0, 0.05) is 35.7 Å². The number of piperidine rings is 1. The van der Waals surface area contributed by atoms with Crippen LogP contribution in [0.25, 0.3) is 0 Å². The maximum Gasteiger partial charge on any atom is 0.251 e. The minimum absolute atomic E-state index is 0. The van der Waals surface area contributed by atoms with E-state index in [1.54, 1.807) is 30.3 Å². The van der Waals surface area contributed by atoms with E-state index >= 15 is 0 Å². The molecule has 5 nitrogen and oxygen atoms in total. The molecule has 3 N–H and O–H groups in total. The van der Waals surface area contributed by atoms with Crippen molar-refractivity contribution < 1.29 is 18.4 Å². The molecule has 2 amide bonds. The molecule has 2 aliphatic rings. The second-order valence-corrected chi connectivity index (χ2v) is 7.70. The molecule has 30 heavy (non-hydrogen) atoms. The topological polar surface area (TPSA) is 70.2 Å². The van der Waals surface area contributed by atoms with E-state index in [2.05, 4.69) is 16.0 Å². The van der Waals surface area contributed by atoms with E-state index in [0.29, 0.717) is 29.8 Å². The second kappa shape index (κ2) is 9.53. The maximum atomic E-state index is 13.7. The Balaban J connectivity index is 0.00000256. The number of carbonyl (C=O) groups is 2.